The van der Waals surface area contributed by atoms with Crippen LogP contribution in [0.1, 0.15) is 0 Å². The number of sulfone groups is 1. The summed E-state index contributed by atoms with van der Waals surface area (Å²) in [5.74, 6) is -1.34. The summed E-state index contributed by atoms with van der Waals surface area (Å²) in [5.41, 5.74) is 0. The second-order valence-corrected chi connectivity index (χ2v) is 7.79. The lowest BCUT2D eigenvalue weighted by Crippen LogP contribution is -2.24. The quantitative estimate of drug-likeness (QED) is 0.688. The third-order valence-electron chi connectivity index (χ3n) is 1.80. The Labute approximate surface area is 113 Å². The standard InChI is InChI=1S/C7H10BrN3O5S2/c1-16-6-5(8)4-10-7(11-6)17(12,13)2-3-18(9,14)15/h4H,2-3H2,1H3,(H2,9,14,15). The number of primary sulfonamides is 1. The minimum Gasteiger partial charge on any atom is -0.480 e. The van der Waals surface area contributed by atoms with Gasteiger partial charge in [-0.2, -0.15) is 4.98 Å². The molecule has 1 aromatic rings. The fraction of sp³-hybridized carbons (Fsp3) is 0.429. The molecule has 102 valence electrons. The molecule has 1 rings (SSSR count). The zero-order valence-corrected chi connectivity index (χ0v) is 12.4. The number of sulfonamides is 1. The van der Waals surface area contributed by atoms with Gasteiger partial charge in [-0.3, -0.25) is 0 Å². The molecular weight excluding hydrogens is 350 g/mol. The summed E-state index contributed by atoms with van der Waals surface area (Å²) in [6.45, 7) is 0. The maximum atomic E-state index is 11.7. The predicted molar refractivity (Wildman–Crippen MR) is 66.3 cm³/mol. The summed E-state index contributed by atoms with van der Waals surface area (Å²) in [5, 5.41) is 4.23. The Kier molecular flexibility index (Phi) is 4.64. The molecule has 0 amide bonds. The van der Waals surface area contributed by atoms with E-state index in [0.29, 0.717) is 4.47 Å². The van der Waals surface area contributed by atoms with Crippen molar-refractivity contribution in [2.75, 3.05) is 18.6 Å². The molecule has 2 N–H and O–H groups in total. The molecule has 0 aliphatic carbocycles. The van der Waals surface area contributed by atoms with Crippen molar-refractivity contribution < 1.29 is 21.6 Å². The number of aromatic nitrogens is 2. The van der Waals surface area contributed by atoms with Crippen LogP contribution in [0.25, 0.3) is 0 Å². The Morgan fingerprint density at radius 3 is 2.44 bits per heavy atom. The van der Waals surface area contributed by atoms with Crippen molar-refractivity contribution in [3.8, 4) is 5.88 Å². The smallest absolute Gasteiger partial charge is 0.250 e. The van der Waals surface area contributed by atoms with Gasteiger partial charge < -0.3 is 4.74 Å². The van der Waals surface area contributed by atoms with Crippen LogP contribution in [0.3, 0.4) is 0 Å². The third kappa shape index (κ3) is 4.15. The van der Waals surface area contributed by atoms with Crippen LogP contribution < -0.4 is 9.88 Å². The number of methoxy groups -OCH3 is 1. The van der Waals surface area contributed by atoms with Crippen molar-refractivity contribution in [1.82, 2.24) is 9.97 Å². The first-order chi connectivity index (χ1) is 8.15. The highest BCUT2D eigenvalue weighted by Gasteiger charge is 2.22. The number of ether oxygens (including phenoxy) is 1. The van der Waals surface area contributed by atoms with Gasteiger partial charge in [0.2, 0.25) is 30.9 Å². The highest BCUT2D eigenvalue weighted by Crippen LogP contribution is 2.22. The molecule has 0 saturated heterocycles. The lowest BCUT2D eigenvalue weighted by atomic mass is 10.6. The lowest BCUT2D eigenvalue weighted by Gasteiger charge is -2.05. The highest BCUT2D eigenvalue weighted by atomic mass is 79.9. The molecule has 0 aromatic carbocycles. The summed E-state index contributed by atoms with van der Waals surface area (Å²) >= 11 is 3.07. The molecule has 0 atom stereocenters. The van der Waals surface area contributed by atoms with Gasteiger partial charge in [0.15, 0.2) is 0 Å². The molecule has 0 aliphatic heterocycles. The van der Waals surface area contributed by atoms with Gasteiger partial charge in [-0.15, -0.1) is 0 Å². The molecule has 18 heavy (non-hydrogen) atoms. The van der Waals surface area contributed by atoms with Crippen LogP contribution in [0.2, 0.25) is 0 Å². The zero-order chi connectivity index (χ0) is 14.0. The van der Waals surface area contributed by atoms with E-state index < -0.39 is 36.5 Å². The number of nitrogens with zero attached hydrogens (tertiary/aromatic N) is 2. The fourth-order valence-corrected chi connectivity index (χ4v) is 3.72. The van der Waals surface area contributed by atoms with E-state index in [2.05, 4.69) is 25.9 Å². The Morgan fingerprint density at radius 1 is 1.33 bits per heavy atom. The van der Waals surface area contributed by atoms with Crippen LogP contribution in [0.4, 0.5) is 0 Å². The molecule has 11 heteroatoms. The summed E-state index contributed by atoms with van der Waals surface area (Å²) < 4.78 is 50.1. The molecular formula is C7H10BrN3O5S2. The summed E-state index contributed by atoms with van der Waals surface area (Å²) in [6, 6.07) is 0. The maximum Gasteiger partial charge on any atom is 0.250 e. The van der Waals surface area contributed by atoms with Gasteiger partial charge >= 0.3 is 0 Å². The second kappa shape index (κ2) is 5.47. The highest BCUT2D eigenvalue weighted by molar-refractivity contribution is 9.10. The van der Waals surface area contributed by atoms with Crippen LogP contribution in [0.5, 0.6) is 5.88 Å². The SMILES string of the molecule is COc1nc(S(=O)(=O)CCS(N)(=O)=O)ncc1Br. The molecule has 1 heterocycles. The van der Waals surface area contributed by atoms with E-state index in [-0.39, 0.29) is 5.88 Å². The third-order valence-corrected chi connectivity index (χ3v) is 4.87. The molecule has 8 nitrogen and oxygen atoms in total. The molecule has 0 saturated carbocycles. The maximum absolute atomic E-state index is 11.7. The summed E-state index contributed by atoms with van der Waals surface area (Å²) in [6.07, 6.45) is 1.20. The number of rotatable bonds is 5. The minimum absolute atomic E-state index is 0.0409. The van der Waals surface area contributed by atoms with Crippen molar-refractivity contribution >= 4 is 35.8 Å². The molecule has 0 fully saturated rings. The van der Waals surface area contributed by atoms with Crippen LogP contribution in [-0.2, 0) is 19.9 Å². The molecule has 0 spiro atoms. The first kappa shape index (κ1) is 15.3. The number of nitrogens with two attached hydrogens (primary N) is 1. The number of hydrogen-bond acceptors (Lipinski definition) is 7. The average molecular weight is 360 g/mol. The van der Waals surface area contributed by atoms with E-state index in [1.165, 1.54) is 13.3 Å². The van der Waals surface area contributed by atoms with Crippen LogP contribution in [0, 0.1) is 0 Å². The van der Waals surface area contributed by atoms with Crippen molar-refractivity contribution in [2.45, 2.75) is 5.16 Å². The fourth-order valence-electron chi connectivity index (χ4n) is 0.946. The van der Waals surface area contributed by atoms with Gasteiger partial charge in [-0.1, -0.05) is 0 Å². The summed E-state index contributed by atoms with van der Waals surface area (Å²) in [7, 11) is -6.48. The normalized spacial score (nSPS) is 12.4. The van der Waals surface area contributed by atoms with Gasteiger partial charge in [-0.25, -0.2) is 27.0 Å². The first-order valence-electron chi connectivity index (χ1n) is 4.45. The van der Waals surface area contributed by atoms with E-state index in [4.69, 9.17) is 9.88 Å². The van der Waals surface area contributed by atoms with Gasteiger partial charge in [0.05, 0.1) is 23.1 Å². The predicted octanol–water partition coefficient (Wildman–Crippen LogP) is -0.690. The monoisotopic (exact) mass is 359 g/mol. The zero-order valence-electron chi connectivity index (χ0n) is 9.20. The van der Waals surface area contributed by atoms with E-state index >= 15 is 0 Å². The topological polar surface area (TPSA) is 129 Å². The molecule has 0 radical (unpaired) electrons. The van der Waals surface area contributed by atoms with Crippen molar-refractivity contribution in [3.05, 3.63) is 10.7 Å². The first-order valence-corrected chi connectivity index (χ1v) is 8.61. The average Bonchev–Trinajstić information content (AvgIpc) is 2.26. The van der Waals surface area contributed by atoms with Crippen molar-refractivity contribution in [1.29, 1.82) is 0 Å². The van der Waals surface area contributed by atoms with E-state index in [1.54, 1.807) is 0 Å². The summed E-state index contributed by atoms with van der Waals surface area (Å²) in [4.78, 5) is 7.26. The van der Waals surface area contributed by atoms with E-state index in [9.17, 15) is 16.8 Å². The Morgan fingerprint density at radius 2 is 1.94 bits per heavy atom. The van der Waals surface area contributed by atoms with Crippen molar-refractivity contribution in [2.24, 2.45) is 5.14 Å². The Bertz CT molecular complexity index is 643. The van der Waals surface area contributed by atoms with Crippen LogP contribution in [-0.4, -0.2) is 45.4 Å². The van der Waals surface area contributed by atoms with Gasteiger partial charge in [0, 0.05) is 6.20 Å². The van der Waals surface area contributed by atoms with Gasteiger partial charge in [0.1, 0.15) is 0 Å². The van der Waals surface area contributed by atoms with Gasteiger partial charge in [-0.05, 0) is 15.9 Å². The van der Waals surface area contributed by atoms with E-state index in [1.807, 2.05) is 0 Å². The number of halogens is 1. The Hall–Kier alpha value is -0.780. The largest absolute Gasteiger partial charge is 0.480 e. The molecule has 0 bridgehead atoms. The lowest BCUT2D eigenvalue weighted by molar-refractivity contribution is 0.388. The molecule has 1 aromatic heterocycles. The molecule has 0 aliphatic rings. The van der Waals surface area contributed by atoms with Crippen molar-refractivity contribution in [3.63, 3.8) is 0 Å². The van der Waals surface area contributed by atoms with Crippen LogP contribution in [0.15, 0.2) is 15.8 Å². The second-order valence-electron chi connectivity index (χ2n) is 3.20. The van der Waals surface area contributed by atoms with Crippen LogP contribution >= 0.6 is 15.9 Å². The Balaban J connectivity index is 3.06. The van der Waals surface area contributed by atoms with E-state index in [0.717, 1.165) is 0 Å². The minimum atomic E-state index is -3.93. The number of hydrogen-bond donors (Lipinski definition) is 1. The molecule has 0 unspecified atom stereocenters. The van der Waals surface area contributed by atoms with Gasteiger partial charge in [0.25, 0.3) is 0 Å².